The van der Waals surface area contributed by atoms with Crippen LogP contribution in [0.2, 0.25) is 0 Å². The summed E-state index contributed by atoms with van der Waals surface area (Å²) in [7, 11) is 3.62. The minimum atomic E-state index is 0.736. The van der Waals surface area contributed by atoms with E-state index in [1.807, 2.05) is 7.05 Å². The van der Waals surface area contributed by atoms with Crippen molar-refractivity contribution in [3.63, 3.8) is 0 Å². The molecule has 2 N–H and O–H groups in total. The Hall–Kier alpha value is -0.570. The van der Waals surface area contributed by atoms with Gasteiger partial charge in [-0.05, 0) is 12.3 Å². The van der Waals surface area contributed by atoms with Gasteiger partial charge < -0.3 is 10.6 Å². The van der Waals surface area contributed by atoms with Crippen LogP contribution in [-0.2, 0) is 0 Å². The lowest BCUT2D eigenvalue weighted by Gasteiger charge is -1.91. The second kappa shape index (κ2) is 4.59. The monoisotopic (exact) mass is 130 g/mol. The molecule has 0 unspecified atom stereocenters. The first-order chi connectivity index (χ1) is 3.81. The Bertz CT molecular complexity index is 98.6. The minimum Gasteiger partial charge on any atom is -0.394 e. The number of hydrogen-bond donors (Lipinski definition) is 2. The molecule has 0 radical (unpaired) electrons. The van der Waals surface area contributed by atoms with Crippen LogP contribution < -0.4 is 10.6 Å². The smallest absolute Gasteiger partial charge is 0.0999 e. The maximum Gasteiger partial charge on any atom is 0.0999 e. The summed E-state index contributed by atoms with van der Waals surface area (Å²) in [5, 5.41) is 5.63. The molecular weight excluding hydrogens is 120 g/mol. The van der Waals surface area contributed by atoms with Crippen LogP contribution in [0, 0.1) is 0 Å². The molecule has 0 aliphatic carbocycles. The van der Waals surface area contributed by atoms with Gasteiger partial charge in [0.1, 0.15) is 0 Å². The predicted octanol–water partition coefficient (Wildman–Crippen LogP) is 0.266. The van der Waals surface area contributed by atoms with Gasteiger partial charge in [-0.25, -0.2) is 0 Å². The van der Waals surface area contributed by atoms with Crippen LogP contribution in [0.3, 0.4) is 0 Å². The molecule has 0 amide bonds. The SMILES string of the molecule is CNC=CC(=S)NC. The fourth-order valence-corrected chi connectivity index (χ4v) is 0.310. The van der Waals surface area contributed by atoms with E-state index in [9.17, 15) is 0 Å². The molecule has 0 saturated heterocycles. The first kappa shape index (κ1) is 7.43. The Morgan fingerprint density at radius 3 is 2.50 bits per heavy atom. The van der Waals surface area contributed by atoms with Gasteiger partial charge in [-0.3, -0.25) is 0 Å². The van der Waals surface area contributed by atoms with Crippen LogP contribution >= 0.6 is 12.2 Å². The molecule has 0 aromatic carbocycles. The second-order valence-corrected chi connectivity index (χ2v) is 1.68. The number of likely N-dealkylation sites (N-methyl/N-ethyl adjacent to an activating group) is 1. The zero-order valence-corrected chi connectivity index (χ0v) is 5.88. The first-order valence-electron chi connectivity index (χ1n) is 2.36. The summed E-state index contributed by atoms with van der Waals surface area (Å²) in [4.78, 5) is 0.736. The summed E-state index contributed by atoms with van der Waals surface area (Å²) in [6.07, 6.45) is 3.56. The van der Waals surface area contributed by atoms with Crippen molar-refractivity contribution >= 4 is 17.2 Å². The molecule has 3 heteroatoms. The van der Waals surface area contributed by atoms with E-state index in [2.05, 4.69) is 10.6 Å². The highest BCUT2D eigenvalue weighted by atomic mass is 32.1. The van der Waals surface area contributed by atoms with Gasteiger partial charge in [-0.2, -0.15) is 0 Å². The van der Waals surface area contributed by atoms with Crippen LogP contribution in [-0.4, -0.2) is 19.1 Å². The van der Waals surface area contributed by atoms with Crippen molar-refractivity contribution in [2.45, 2.75) is 0 Å². The van der Waals surface area contributed by atoms with Gasteiger partial charge in [0, 0.05) is 14.1 Å². The highest BCUT2D eigenvalue weighted by Crippen LogP contribution is 1.70. The molecule has 0 bridgehead atoms. The van der Waals surface area contributed by atoms with Gasteiger partial charge in [0.05, 0.1) is 4.99 Å². The third-order valence-corrected chi connectivity index (χ3v) is 0.988. The Morgan fingerprint density at radius 1 is 1.50 bits per heavy atom. The summed E-state index contributed by atoms with van der Waals surface area (Å²) < 4.78 is 0. The normalized spacial score (nSPS) is 9.25. The molecule has 0 aromatic rings. The van der Waals surface area contributed by atoms with E-state index >= 15 is 0 Å². The highest BCUT2D eigenvalue weighted by Gasteiger charge is 1.76. The molecule has 0 rings (SSSR count). The molecule has 0 aliphatic rings. The molecule has 2 nitrogen and oxygen atoms in total. The fourth-order valence-electron chi connectivity index (χ4n) is 0.242. The zero-order chi connectivity index (χ0) is 6.41. The summed E-state index contributed by atoms with van der Waals surface area (Å²) in [6.45, 7) is 0. The maximum absolute atomic E-state index is 4.78. The van der Waals surface area contributed by atoms with E-state index < -0.39 is 0 Å². The summed E-state index contributed by atoms with van der Waals surface area (Å²) in [5.74, 6) is 0. The molecule has 0 atom stereocenters. The number of thiocarbonyl (C=S) groups is 1. The van der Waals surface area contributed by atoms with Gasteiger partial charge >= 0.3 is 0 Å². The molecular formula is C5H10N2S. The largest absolute Gasteiger partial charge is 0.394 e. The average Bonchev–Trinajstić information content (AvgIpc) is 1.83. The van der Waals surface area contributed by atoms with Gasteiger partial charge in [0.15, 0.2) is 0 Å². The summed E-state index contributed by atoms with van der Waals surface area (Å²) >= 11 is 4.78. The molecule has 8 heavy (non-hydrogen) atoms. The third kappa shape index (κ3) is 3.61. The molecule has 0 aromatic heterocycles. The summed E-state index contributed by atoms with van der Waals surface area (Å²) in [5.41, 5.74) is 0. The van der Waals surface area contributed by atoms with E-state index in [0.717, 1.165) is 4.99 Å². The van der Waals surface area contributed by atoms with Gasteiger partial charge in [-0.15, -0.1) is 0 Å². The number of rotatable bonds is 2. The lowest BCUT2D eigenvalue weighted by atomic mass is 10.6. The molecule has 0 heterocycles. The van der Waals surface area contributed by atoms with Crippen molar-refractivity contribution in [3.05, 3.63) is 12.3 Å². The van der Waals surface area contributed by atoms with Crippen molar-refractivity contribution in [2.24, 2.45) is 0 Å². The van der Waals surface area contributed by atoms with E-state index in [0.29, 0.717) is 0 Å². The predicted molar refractivity (Wildman–Crippen MR) is 39.9 cm³/mol. The van der Waals surface area contributed by atoms with E-state index in [4.69, 9.17) is 12.2 Å². The van der Waals surface area contributed by atoms with Crippen molar-refractivity contribution in [3.8, 4) is 0 Å². The van der Waals surface area contributed by atoms with E-state index in [1.54, 1.807) is 19.3 Å². The van der Waals surface area contributed by atoms with Crippen LogP contribution in [0.25, 0.3) is 0 Å². The Balaban J connectivity index is 3.37. The molecule has 46 valence electrons. The lowest BCUT2D eigenvalue weighted by Crippen LogP contribution is -2.12. The lowest BCUT2D eigenvalue weighted by molar-refractivity contribution is 1.10. The van der Waals surface area contributed by atoms with Crippen molar-refractivity contribution in [2.75, 3.05) is 14.1 Å². The quantitative estimate of drug-likeness (QED) is 0.414. The van der Waals surface area contributed by atoms with Crippen molar-refractivity contribution in [1.29, 1.82) is 0 Å². The summed E-state index contributed by atoms with van der Waals surface area (Å²) in [6, 6.07) is 0. The Morgan fingerprint density at radius 2 is 2.12 bits per heavy atom. The van der Waals surface area contributed by atoms with E-state index in [1.165, 1.54) is 0 Å². The van der Waals surface area contributed by atoms with E-state index in [-0.39, 0.29) is 0 Å². The molecule has 0 spiro atoms. The van der Waals surface area contributed by atoms with Gasteiger partial charge in [0.2, 0.25) is 0 Å². The number of nitrogens with one attached hydrogen (secondary N) is 2. The van der Waals surface area contributed by atoms with Crippen LogP contribution in [0.4, 0.5) is 0 Å². The standard InChI is InChI=1S/C5H10N2S/c1-6-4-3-5(8)7-2/h3-4,6H,1-2H3,(H,7,8). The van der Waals surface area contributed by atoms with Crippen LogP contribution in [0.15, 0.2) is 12.3 Å². The van der Waals surface area contributed by atoms with Crippen molar-refractivity contribution < 1.29 is 0 Å². The molecule has 0 aliphatic heterocycles. The van der Waals surface area contributed by atoms with Crippen LogP contribution in [0.5, 0.6) is 0 Å². The van der Waals surface area contributed by atoms with Crippen molar-refractivity contribution in [1.82, 2.24) is 10.6 Å². The Kier molecular flexibility index (Phi) is 4.26. The molecule has 0 fully saturated rings. The minimum absolute atomic E-state index is 0.736. The van der Waals surface area contributed by atoms with Crippen LogP contribution in [0.1, 0.15) is 0 Å². The maximum atomic E-state index is 4.78. The zero-order valence-electron chi connectivity index (χ0n) is 5.06. The Labute approximate surface area is 55.0 Å². The van der Waals surface area contributed by atoms with Gasteiger partial charge in [0.25, 0.3) is 0 Å². The average molecular weight is 130 g/mol. The highest BCUT2D eigenvalue weighted by molar-refractivity contribution is 7.80. The number of hydrogen-bond acceptors (Lipinski definition) is 2. The first-order valence-corrected chi connectivity index (χ1v) is 2.77. The fraction of sp³-hybridized carbons (Fsp3) is 0.400. The van der Waals surface area contributed by atoms with Gasteiger partial charge in [-0.1, -0.05) is 12.2 Å². The second-order valence-electron chi connectivity index (χ2n) is 1.24. The third-order valence-electron chi connectivity index (χ3n) is 0.648. The topological polar surface area (TPSA) is 24.1 Å². The molecule has 0 saturated carbocycles.